The molecule has 0 aliphatic carbocycles. The number of nitrogens with one attached hydrogen (secondary N) is 1. The van der Waals surface area contributed by atoms with Crippen molar-refractivity contribution in [3.05, 3.63) is 54.4 Å². The average molecular weight is 471 g/mol. The molecule has 0 saturated carbocycles. The predicted octanol–water partition coefficient (Wildman–Crippen LogP) is 3.10. The minimum atomic E-state index is -3.87. The van der Waals surface area contributed by atoms with Crippen LogP contribution in [-0.2, 0) is 19.6 Å². The molecule has 4 rings (SSSR count). The Balaban J connectivity index is 1.46. The number of aliphatic carboxylic acids is 1. The van der Waals surface area contributed by atoms with Crippen LogP contribution in [-0.4, -0.2) is 42.1 Å². The first-order valence-electron chi connectivity index (χ1n) is 10.2. The van der Waals surface area contributed by atoms with E-state index in [-0.39, 0.29) is 29.7 Å². The van der Waals surface area contributed by atoms with Gasteiger partial charge < -0.3 is 14.5 Å². The molecule has 0 bridgehead atoms. The highest BCUT2D eigenvalue weighted by Crippen LogP contribution is 2.27. The van der Waals surface area contributed by atoms with Crippen LogP contribution in [0.5, 0.6) is 0 Å². The van der Waals surface area contributed by atoms with Gasteiger partial charge in [0.1, 0.15) is 0 Å². The van der Waals surface area contributed by atoms with Gasteiger partial charge in [0.2, 0.25) is 5.91 Å². The van der Waals surface area contributed by atoms with Crippen LogP contribution in [0.25, 0.3) is 11.5 Å². The van der Waals surface area contributed by atoms with Crippen molar-refractivity contribution in [3.8, 4) is 11.5 Å². The number of carbonyl (C=O) groups excluding carboxylic acids is 1. The minimum absolute atomic E-state index is 0.00948. The molecule has 2 aromatic carbocycles. The molecule has 1 aliphatic heterocycles. The Kier molecular flexibility index (Phi) is 5.90. The molecular formula is C22H22N4O6S. The lowest BCUT2D eigenvalue weighted by Gasteiger charge is -2.16. The fraction of sp³-hybridized carbons (Fsp3) is 0.273. The van der Waals surface area contributed by atoms with Crippen LogP contribution in [0.1, 0.15) is 32.0 Å². The van der Waals surface area contributed by atoms with E-state index in [2.05, 4.69) is 14.9 Å². The molecule has 11 heteroatoms. The van der Waals surface area contributed by atoms with E-state index >= 15 is 0 Å². The summed E-state index contributed by atoms with van der Waals surface area (Å²) >= 11 is 0. The third-order valence-electron chi connectivity index (χ3n) is 5.28. The molecule has 1 aliphatic rings. The van der Waals surface area contributed by atoms with Gasteiger partial charge in [-0.05, 0) is 48.5 Å². The summed E-state index contributed by atoms with van der Waals surface area (Å²) in [5, 5.41) is 13.0. The second kappa shape index (κ2) is 8.66. The van der Waals surface area contributed by atoms with E-state index in [9.17, 15) is 18.0 Å². The first-order chi connectivity index (χ1) is 15.6. The molecule has 0 spiro atoms. The molecule has 10 nitrogen and oxygen atoms in total. The normalized spacial score (nSPS) is 16.4. The highest BCUT2D eigenvalue weighted by Gasteiger charge is 2.35. The zero-order chi connectivity index (χ0) is 23.8. The molecule has 1 aromatic heterocycles. The van der Waals surface area contributed by atoms with Crippen molar-refractivity contribution in [2.24, 2.45) is 5.92 Å². The first kappa shape index (κ1) is 22.5. The Hall–Kier alpha value is -3.73. The number of amides is 1. The number of nitrogens with zero attached hydrogens (tertiary/aromatic N) is 3. The van der Waals surface area contributed by atoms with Gasteiger partial charge in [-0.2, -0.15) is 4.98 Å². The van der Waals surface area contributed by atoms with Gasteiger partial charge in [0, 0.05) is 35.8 Å². The number of carbonyl (C=O) groups is 2. The first-order valence-corrected chi connectivity index (χ1v) is 11.7. The van der Waals surface area contributed by atoms with Gasteiger partial charge in [0.25, 0.3) is 15.9 Å². The zero-order valence-corrected chi connectivity index (χ0v) is 18.7. The number of benzene rings is 2. The van der Waals surface area contributed by atoms with Crippen LogP contribution in [0.4, 0.5) is 11.4 Å². The van der Waals surface area contributed by atoms with Gasteiger partial charge in [0.15, 0.2) is 5.82 Å². The maximum Gasteiger partial charge on any atom is 0.308 e. The molecule has 1 amide bonds. The van der Waals surface area contributed by atoms with Crippen LogP contribution < -0.4 is 9.62 Å². The Morgan fingerprint density at radius 1 is 1.15 bits per heavy atom. The van der Waals surface area contributed by atoms with E-state index in [1.807, 2.05) is 13.8 Å². The predicted molar refractivity (Wildman–Crippen MR) is 119 cm³/mol. The summed E-state index contributed by atoms with van der Waals surface area (Å²) in [5.74, 6) is -1.04. The third-order valence-corrected chi connectivity index (χ3v) is 6.67. The van der Waals surface area contributed by atoms with Crippen LogP contribution in [0, 0.1) is 5.92 Å². The van der Waals surface area contributed by atoms with E-state index in [1.165, 1.54) is 29.2 Å². The third kappa shape index (κ3) is 4.72. The maximum absolute atomic E-state index is 12.8. The molecule has 1 unspecified atom stereocenters. The molecule has 1 saturated heterocycles. The quantitative estimate of drug-likeness (QED) is 0.536. The molecule has 172 valence electrons. The second-order valence-corrected chi connectivity index (χ2v) is 9.72. The summed E-state index contributed by atoms with van der Waals surface area (Å²) < 4.78 is 33.3. The average Bonchev–Trinajstić information content (AvgIpc) is 3.42. The molecule has 3 aromatic rings. The van der Waals surface area contributed by atoms with Gasteiger partial charge in [-0.25, -0.2) is 8.42 Å². The fourth-order valence-corrected chi connectivity index (χ4v) is 4.47. The summed E-state index contributed by atoms with van der Waals surface area (Å²) in [6.07, 6.45) is -0.0741. The zero-order valence-electron chi connectivity index (χ0n) is 17.9. The minimum Gasteiger partial charge on any atom is -0.481 e. The summed E-state index contributed by atoms with van der Waals surface area (Å²) in [5.41, 5.74) is 1.47. The van der Waals surface area contributed by atoms with Crippen molar-refractivity contribution in [2.45, 2.75) is 31.1 Å². The summed E-state index contributed by atoms with van der Waals surface area (Å²) in [6, 6.07) is 12.3. The number of aromatic nitrogens is 2. The van der Waals surface area contributed by atoms with E-state index in [1.54, 1.807) is 24.3 Å². The van der Waals surface area contributed by atoms with Crippen LogP contribution in [0.15, 0.2) is 57.9 Å². The number of sulfonamides is 1. The van der Waals surface area contributed by atoms with Crippen LogP contribution in [0.3, 0.4) is 0 Å². The Labute approximate surface area is 190 Å². The lowest BCUT2D eigenvalue weighted by Crippen LogP contribution is -2.25. The number of carboxylic acid groups (broad SMARTS) is 1. The van der Waals surface area contributed by atoms with Crippen molar-refractivity contribution >= 4 is 33.3 Å². The van der Waals surface area contributed by atoms with E-state index in [4.69, 9.17) is 9.63 Å². The molecule has 1 fully saturated rings. The number of carboxylic acids is 1. The Morgan fingerprint density at radius 3 is 2.36 bits per heavy atom. The molecule has 2 heterocycles. The fourth-order valence-electron chi connectivity index (χ4n) is 3.41. The van der Waals surface area contributed by atoms with Gasteiger partial charge in [-0.3, -0.25) is 14.3 Å². The summed E-state index contributed by atoms with van der Waals surface area (Å²) in [7, 11) is -3.87. The van der Waals surface area contributed by atoms with Crippen molar-refractivity contribution < 1.29 is 27.6 Å². The van der Waals surface area contributed by atoms with Crippen LogP contribution >= 0.6 is 0 Å². The lowest BCUT2D eigenvalue weighted by atomic mass is 10.1. The summed E-state index contributed by atoms with van der Waals surface area (Å²) in [6.45, 7) is 3.97. The van der Waals surface area contributed by atoms with E-state index in [0.29, 0.717) is 28.7 Å². The summed E-state index contributed by atoms with van der Waals surface area (Å²) in [4.78, 5) is 28.9. The SMILES string of the molecule is CC(C)c1noc(-c2ccc(NS(=O)(=O)c3ccc(N4CC(C(=O)O)CC4=O)cc3)cc2)n1. The second-order valence-electron chi connectivity index (χ2n) is 8.03. The van der Waals surface area contributed by atoms with E-state index < -0.39 is 21.9 Å². The highest BCUT2D eigenvalue weighted by molar-refractivity contribution is 7.92. The van der Waals surface area contributed by atoms with E-state index in [0.717, 1.165) is 0 Å². The standard InChI is InChI=1S/C22H22N4O6S/c1-13(2)20-23-21(32-24-20)14-3-5-16(6-4-14)25-33(30,31)18-9-7-17(8-10-18)26-12-15(22(28)29)11-19(26)27/h3-10,13,15,25H,11-12H2,1-2H3,(H,28,29). The number of hydrogen-bond acceptors (Lipinski definition) is 7. The molecule has 1 atom stereocenters. The number of rotatable bonds is 7. The van der Waals surface area contributed by atoms with Crippen molar-refractivity contribution in [1.29, 1.82) is 0 Å². The molecule has 33 heavy (non-hydrogen) atoms. The van der Waals surface area contributed by atoms with Crippen molar-refractivity contribution in [1.82, 2.24) is 10.1 Å². The maximum atomic E-state index is 12.8. The monoisotopic (exact) mass is 470 g/mol. The van der Waals surface area contributed by atoms with Gasteiger partial charge >= 0.3 is 5.97 Å². The largest absolute Gasteiger partial charge is 0.481 e. The van der Waals surface area contributed by atoms with Crippen molar-refractivity contribution in [3.63, 3.8) is 0 Å². The number of anilines is 2. The highest BCUT2D eigenvalue weighted by atomic mass is 32.2. The smallest absolute Gasteiger partial charge is 0.308 e. The lowest BCUT2D eigenvalue weighted by molar-refractivity contribution is -0.141. The Bertz CT molecular complexity index is 1280. The molecule has 2 N–H and O–H groups in total. The Morgan fingerprint density at radius 2 is 1.82 bits per heavy atom. The molecule has 0 radical (unpaired) electrons. The molecular weight excluding hydrogens is 448 g/mol. The van der Waals surface area contributed by atoms with Gasteiger partial charge in [-0.15, -0.1) is 0 Å². The van der Waals surface area contributed by atoms with Crippen molar-refractivity contribution in [2.75, 3.05) is 16.2 Å². The van der Waals surface area contributed by atoms with Crippen LogP contribution in [0.2, 0.25) is 0 Å². The number of hydrogen-bond donors (Lipinski definition) is 2. The topological polar surface area (TPSA) is 143 Å². The van der Waals surface area contributed by atoms with Gasteiger partial charge in [-0.1, -0.05) is 19.0 Å². The van der Waals surface area contributed by atoms with Gasteiger partial charge in [0.05, 0.1) is 10.8 Å².